The van der Waals surface area contributed by atoms with E-state index in [1.807, 2.05) is 36.4 Å². The first-order chi connectivity index (χ1) is 14.4. The zero-order valence-electron chi connectivity index (χ0n) is 17.1. The van der Waals surface area contributed by atoms with Crippen LogP contribution in [-0.4, -0.2) is 41.8 Å². The van der Waals surface area contributed by atoms with Crippen LogP contribution in [0.1, 0.15) is 43.7 Å². The first-order valence-corrected chi connectivity index (χ1v) is 10.0. The van der Waals surface area contributed by atoms with E-state index < -0.39 is 30.1 Å². The number of fused-ring (bicyclic) bond motifs is 3. The summed E-state index contributed by atoms with van der Waals surface area (Å²) in [4.78, 5) is 35.4. The Morgan fingerprint density at radius 1 is 1.00 bits per heavy atom. The quantitative estimate of drug-likeness (QED) is 0.619. The number of hydrogen-bond donors (Lipinski definition) is 3. The highest BCUT2D eigenvalue weighted by Crippen LogP contribution is 2.44. The molecule has 0 saturated heterocycles. The number of amides is 2. The third kappa shape index (κ3) is 4.79. The minimum Gasteiger partial charge on any atom is -0.481 e. The Morgan fingerprint density at radius 2 is 1.57 bits per heavy atom. The van der Waals surface area contributed by atoms with E-state index >= 15 is 0 Å². The second-order valence-electron chi connectivity index (χ2n) is 7.40. The van der Waals surface area contributed by atoms with Crippen LogP contribution in [0.2, 0.25) is 0 Å². The number of rotatable bonds is 8. The Hall–Kier alpha value is -3.35. The van der Waals surface area contributed by atoms with Crippen LogP contribution in [0.4, 0.5) is 4.79 Å². The molecule has 0 radical (unpaired) electrons. The maximum atomic E-state index is 12.3. The van der Waals surface area contributed by atoms with Crippen molar-refractivity contribution in [1.29, 1.82) is 0 Å². The molecule has 7 nitrogen and oxygen atoms in total. The van der Waals surface area contributed by atoms with Gasteiger partial charge in [-0.25, -0.2) is 4.79 Å². The molecule has 158 valence electrons. The number of benzene rings is 2. The third-order valence-corrected chi connectivity index (χ3v) is 5.33. The smallest absolute Gasteiger partial charge is 0.407 e. The molecular weight excluding hydrogens is 384 g/mol. The number of alkyl carbamates (subject to hydrolysis) is 1. The number of hydrogen-bond acceptors (Lipinski definition) is 4. The van der Waals surface area contributed by atoms with Crippen molar-refractivity contribution in [2.24, 2.45) is 0 Å². The lowest BCUT2D eigenvalue weighted by atomic mass is 9.98. The topological polar surface area (TPSA) is 105 Å². The lowest BCUT2D eigenvalue weighted by molar-refractivity contribution is -0.137. The molecule has 3 rings (SSSR count). The second-order valence-corrected chi connectivity index (χ2v) is 7.40. The molecule has 2 amide bonds. The van der Waals surface area contributed by atoms with Gasteiger partial charge in [-0.1, -0.05) is 55.5 Å². The van der Waals surface area contributed by atoms with Gasteiger partial charge >= 0.3 is 12.1 Å². The third-order valence-electron chi connectivity index (χ3n) is 5.33. The van der Waals surface area contributed by atoms with Crippen molar-refractivity contribution in [3.8, 4) is 11.1 Å². The number of carbonyl (C=O) groups excluding carboxylic acids is 2. The predicted molar refractivity (Wildman–Crippen MR) is 112 cm³/mol. The number of carboxylic acid groups (broad SMARTS) is 1. The average Bonchev–Trinajstić information content (AvgIpc) is 3.05. The molecule has 0 fully saturated rings. The summed E-state index contributed by atoms with van der Waals surface area (Å²) in [6.45, 7) is 3.48. The van der Waals surface area contributed by atoms with Gasteiger partial charge in [0.15, 0.2) is 0 Å². The molecule has 0 heterocycles. The minimum absolute atomic E-state index is 0.0627. The molecule has 0 aliphatic heterocycles. The SMILES string of the molecule is CC[C@@H](CC(=O)O)NC(=O)[C@@H](C)NC(=O)OCC1c2ccccc2-c2ccccc21. The van der Waals surface area contributed by atoms with Gasteiger partial charge in [-0.2, -0.15) is 0 Å². The monoisotopic (exact) mass is 410 g/mol. The Bertz CT molecular complexity index is 897. The van der Waals surface area contributed by atoms with Crippen LogP contribution in [0, 0.1) is 0 Å². The van der Waals surface area contributed by atoms with Gasteiger partial charge in [-0.15, -0.1) is 0 Å². The van der Waals surface area contributed by atoms with Crippen LogP contribution < -0.4 is 10.6 Å². The summed E-state index contributed by atoms with van der Waals surface area (Å²) >= 11 is 0. The van der Waals surface area contributed by atoms with E-state index in [2.05, 4.69) is 22.8 Å². The van der Waals surface area contributed by atoms with Gasteiger partial charge in [0, 0.05) is 12.0 Å². The standard InChI is InChI=1S/C23H26N2O5/c1-3-15(12-21(26)27)25-22(28)14(2)24-23(29)30-13-20-18-10-6-4-8-16(18)17-9-5-7-11-19(17)20/h4-11,14-15,20H,3,12-13H2,1-2H3,(H,24,29)(H,25,28)(H,26,27)/t14-,15+/m1/s1. The number of carboxylic acids is 1. The molecule has 30 heavy (non-hydrogen) atoms. The summed E-state index contributed by atoms with van der Waals surface area (Å²) in [5.74, 6) is -1.50. The average molecular weight is 410 g/mol. The van der Waals surface area contributed by atoms with E-state index in [0.717, 1.165) is 22.3 Å². The molecule has 7 heteroatoms. The van der Waals surface area contributed by atoms with Gasteiger partial charge in [0.25, 0.3) is 0 Å². The highest BCUT2D eigenvalue weighted by Gasteiger charge is 2.29. The largest absolute Gasteiger partial charge is 0.481 e. The molecular formula is C23H26N2O5. The summed E-state index contributed by atoms with van der Waals surface area (Å²) in [7, 11) is 0. The normalized spacial score (nSPS) is 14.2. The fraction of sp³-hybridized carbons (Fsp3) is 0.348. The van der Waals surface area contributed by atoms with Crippen molar-refractivity contribution in [1.82, 2.24) is 10.6 Å². The molecule has 1 aliphatic carbocycles. The van der Waals surface area contributed by atoms with Crippen molar-refractivity contribution in [3.05, 3.63) is 59.7 Å². The molecule has 1 aliphatic rings. The zero-order valence-corrected chi connectivity index (χ0v) is 17.1. The number of nitrogens with one attached hydrogen (secondary N) is 2. The Morgan fingerprint density at radius 3 is 2.10 bits per heavy atom. The Balaban J connectivity index is 1.57. The van der Waals surface area contributed by atoms with Crippen molar-refractivity contribution >= 4 is 18.0 Å². The van der Waals surface area contributed by atoms with Gasteiger partial charge in [0.1, 0.15) is 12.6 Å². The van der Waals surface area contributed by atoms with Crippen LogP contribution in [0.3, 0.4) is 0 Å². The van der Waals surface area contributed by atoms with E-state index in [0.29, 0.717) is 6.42 Å². The molecule has 0 spiro atoms. The first-order valence-electron chi connectivity index (χ1n) is 10.0. The molecule has 2 aromatic carbocycles. The second kappa shape index (κ2) is 9.43. The van der Waals surface area contributed by atoms with Crippen LogP contribution in [-0.2, 0) is 14.3 Å². The van der Waals surface area contributed by atoms with Crippen LogP contribution >= 0.6 is 0 Å². The summed E-state index contributed by atoms with van der Waals surface area (Å²) in [6.07, 6.45) is -0.374. The molecule has 2 aromatic rings. The van der Waals surface area contributed by atoms with Gasteiger partial charge in [0.2, 0.25) is 5.91 Å². The van der Waals surface area contributed by atoms with Gasteiger partial charge in [0.05, 0.1) is 6.42 Å². The molecule has 0 unspecified atom stereocenters. The first kappa shape index (κ1) is 21.4. The van der Waals surface area contributed by atoms with Crippen LogP contribution in [0.15, 0.2) is 48.5 Å². The minimum atomic E-state index is -0.987. The molecule has 2 atom stereocenters. The van der Waals surface area contributed by atoms with Gasteiger partial charge in [-0.3, -0.25) is 9.59 Å². The summed E-state index contributed by atoms with van der Waals surface area (Å²) in [6, 6.07) is 14.8. The van der Waals surface area contributed by atoms with Crippen LogP contribution in [0.5, 0.6) is 0 Å². The van der Waals surface area contributed by atoms with Gasteiger partial charge < -0.3 is 20.5 Å². The maximum absolute atomic E-state index is 12.3. The fourth-order valence-electron chi connectivity index (χ4n) is 3.72. The molecule has 0 saturated carbocycles. The van der Waals surface area contributed by atoms with Crippen molar-refractivity contribution in [2.45, 2.75) is 44.7 Å². The van der Waals surface area contributed by atoms with E-state index in [4.69, 9.17) is 9.84 Å². The highest BCUT2D eigenvalue weighted by atomic mass is 16.5. The molecule has 0 bridgehead atoms. The van der Waals surface area contributed by atoms with Crippen molar-refractivity contribution in [2.75, 3.05) is 6.61 Å². The van der Waals surface area contributed by atoms with Crippen LogP contribution in [0.25, 0.3) is 11.1 Å². The van der Waals surface area contributed by atoms with E-state index in [1.54, 1.807) is 6.92 Å². The lowest BCUT2D eigenvalue weighted by Gasteiger charge is -2.20. The number of aliphatic carboxylic acids is 1. The summed E-state index contributed by atoms with van der Waals surface area (Å²) in [5, 5.41) is 14.0. The molecule has 3 N–H and O–H groups in total. The highest BCUT2D eigenvalue weighted by molar-refractivity contribution is 5.86. The van der Waals surface area contributed by atoms with E-state index in [-0.39, 0.29) is 18.9 Å². The van der Waals surface area contributed by atoms with E-state index in [9.17, 15) is 14.4 Å². The lowest BCUT2D eigenvalue weighted by Crippen LogP contribution is -2.48. The van der Waals surface area contributed by atoms with Crippen molar-refractivity contribution < 1.29 is 24.2 Å². The van der Waals surface area contributed by atoms with E-state index in [1.165, 1.54) is 6.92 Å². The predicted octanol–water partition coefficient (Wildman–Crippen LogP) is 3.28. The molecule has 0 aromatic heterocycles. The Kier molecular flexibility index (Phi) is 6.72. The summed E-state index contributed by atoms with van der Waals surface area (Å²) in [5.41, 5.74) is 4.49. The summed E-state index contributed by atoms with van der Waals surface area (Å²) < 4.78 is 5.43. The Labute approximate surface area is 175 Å². The van der Waals surface area contributed by atoms with Crippen molar-refractivity contribution in [3.63, 3.8) is 0 Å². The zero-order chi connectivity index (χ0) is 21.7. The number of carbonyl (C=O) groups is 3. The fourth-order valence-corrected chi connectivity index (χ4v) is 3.72. The van der Waals surface area contributed by atoms with Gasteiger partial charge in [-0.05, 0) is 35.6 Å². The maximum Gasteiger partial charge on any atom is 0.407 e. The number of ether oxygens (including phenoxy) is 1.